The molecule has 0 spiro atoms. The third-order valence-corrected chi connectivity index (χ3v) is 8.40. The van der Waals surface area contributed by atoms with E-state index in [-0.39, 0.29) is 29.5 Å². The highest BCUT2D eigenvalue weighted by Crippen LogP contribution is 2.40. The number of nitro benzene ring substituents is 1. The molecule has 2 amide bonds. The number of carbonyl (C=O) groups excluding carboxylic acids is 2. The van der Waals surface area contributed by atoms with Crippen molar-refractivity contribution in [2.45, 2.75) is 22.7 Å². The number of carbonyl (C=O) groups is 3. The van der Waals surface area contributed by atoms with Crippen LogP contribution in [0.15, 0.2) is 69.4 Å². The summed E-state index contributed by atoms with van der Waals surface area (Å²) in [5.74, 6) is -1.90. The van der Waals surface area contributed by atoms with Crippen LogP contribution in [0, 0.1) is 10.1 Å². The maximum atomic E-state index is 12.7. The highest BCUT2D eigenvalue weighted by Gasteiger charge is 2.53. The second kappa shape index (κ2) is 9.91. The second-order valence-electron chi connectivity index (χ2n) is 7.24. The van der Waals surface area contributed by atoms with Crippen molar-refractivity contribution in [2.24, 2.45) is 0 Å². The Balaban J connectivity index is 1.47. The van der Waals surface area contributed by atoms with Gasteiger partial charge in [-0.15, -0.1) is 23.1 Å². The van der Waals surface area contributed by atoms with E-state index in [2.05, 4.69) is 5.32 Å². The van der Waals surface area contributed by atoms with E-state index in [1.807, 2.05) is 17.5 Å². The molecule has 1 unspecified atom stereocenters. The molecular weight excluding hydrogens is 502 g/mol. The molecule has 3 heterocycles. The van der Waals surface area contributed by atoms with Gasteiger partial charge in [0.1, 0.15) is 17.1 Å². The van der Waals surface area contributed by atoms with Crippen LogP contribution < -0.4 is 5.32 Å². The van der Waals surface area contributed by atoms with Crippen LogP contribution in [0.4, 0.5) is 5.69 Å². The van der Waals surface area contributed by atoms with Gasteiger partial charge in [0.25, 0.3) is 11.6 Å². The van der Waals surface area contributed by atoms with Crippen LogP contribution in [0.3, 0.4) is 0 Å². The van der Waals surface area contributed by atoms with Crippen LogP contribution in [0.2, 0.25) is 0 Å². The van der Waals surface area contributed by atoms with E-state index in [4.69, 9.17) is 0 Å². The minimum Gasteiger partial charge on any atom is -0.477 e. The number of thiophene rings is 1. The average Bonchev–Trinajstić information content (AvgIpc) is 3.33. The third-order valence-electron chi connectivity index (χ3n) is 5.10. The summed E-state index contributed by atoms with van der Waals surface area (Å²) in [5, 5.41) is 25.8. The van der Waals surface area contributed by atoms with Gasteiger partial charge >= 0.3 is 5.97 Å². The molecule has 2 aliphatic rings. The molecule has 1 aromatic heterocycles. The molecule has 34 heavy (non-hydrogen) atoms. The number of benzene rings is 1. The van der Waals surface area contributed by atoms with Crippen molar-refractivity contribution < 1.29 is 28.6 Å². The molecule has 0 radical (unpaired) electrons. The fourth-order valence-electron chi connectivity index (χ4n) is 3.49. The number of aliphatic carboxylic acids is 1. The Morgan fingerprint density at radius 1 is 1.29 bits per heavy atom. The van der Waals surface area contributed by atoms with Crippen LogP contribution in [0.5, 0.6) is 0 Å². The first-order valence-electron chi connectivity index (χ1n) is 9.82. The van der Waals surface area contributed by atoms with Crippen molar-refractivity contribution in [3.05, 3.63) is 79.5 Å². The molecule has 13 heteroatoms. The summed E-state index contributed by atoms with van der Waals surface area (Å²) in [7, 11) is -1.68. The molecule has 3 atom stereocenters. The Hall–Kier alpha value is -3.29. The number of β-lactam (4-membered cyclic amide) rings is 1. The third kappa shape index (κ3) is 4.81. The minimum atomic E-state index is -1.68. The molecule has 2 aromatic rings. The summed E-state index contributed by atoms with van der Waals surface area (Å²) in [5.41, 5.74) is -0.0427. The van der Waals surface area contributed by atoms with E-state index in [0.717, 1.165) is 9.78 Å². The van der Waals surface area contributed by atoms with Crippen molar-refractivity contribution in [1.29, 1.82) is 0 Å². The molecule has 0 saturated carbocycles. The first kappa shape index (κ1) is 23.9. The number of nitrogens with one attached hydrogen (secondary N) is 1. The van der Waals surface area contributed by atoms with E-state index in [1.165, 1.54) is 58.8 Å². The molecule has 176 valence electrons. The number of nitrogens with zero attached hydrogens (tertiary/aromatic N) is 2. The SMILES string of the molecule is O=C(Cc1cccs1)N[C@@H]1C(=O)N2C(C(=O)O)=C(/C=C/S(=O)c3ccc([N+](=O)[O-])cc3)CS[C@H]12. The maximum absolute atomic E-state index is 12.7. The zero-order valence-corrected chi connectivity index (χ0v) is 19.7. The number of hydrogen-bond acceptors (Lipinski definition) is 8. The predicted molar refractivity (Wildman–Crippen MR) is 126 cm³/mol. The van der Waals surface area contributed by atoms with Crippen molar-refractivity contribution in [3.63, 3.8) is 0 Å². The van der Waals surface area contributed by atoms with E-state index < -0.39 is 39.0 Å². The average molecular weight is 520 g/mol. The van der Waals surface area contributed by atoms with E-state index in [1.54, 1.807) is 0 Å². The number of carboxylic acid groups (broad SMARTS) is 1. The molecule has 2 aliphatic heterocycles. The standard InChI is InChI=1S/C21H17N3O7S3/c25-16(10-14-2-1-8-32-14)22-17-19(26)23-18(21(27)28)12(11-33-20(17)23)7-9-34(31)15-5-3-13(4-6-15)24(29)30/h1-9,17,20H,10-11H2,(H,22,25)(H,27,28)/b9-7+/t17-,20-,34?/m1/s1. The van der Waals surface area contributed by atoms with Crippen molar-refractivity contribution in [3.8, 4) is 0 Å². The largest absolute Gasteiger partial charge is 0.477 e. The predicted octanol–water partition coefficient (Wildman–Crippen LogP) is 2.26. The number of thioether (sulfide) groups is 1. The van der Waals surface area contributed by atoms with Gasteiger partial charge < -0.3 is 10.4 Å². The lowest BCUT2D eigenvalue weighted by molar-refractivity contribution is -0.384. The van der Waals surface area contributed by atoms with Crippen molar-refractivity contribution in [1.82, 2.24) is 10.2 Å². The summed E-state index contributed by atoms with van der Waals surface area (Å²) in [6.45, 7) is 0. The summed E-state index contributed by atoms with van der Waals surface area (Å²) in [6.07, 6.45) is 1.53. The van der Waals surface area contributed by atoms with Crippen LogP contribution in [-0.4, -0.2) is 54.1 Å². The fourth-order valence-corrected chi connectivity index (χ4v) is 6.36. The lowest BCUT2D eigenvalue weighted by atomic mass is 10.0. The summed E-state index contributed by atoms with van der Waals surface area (Å²) in [4.78, 5) is 49.4. The first-order valence-corrected chi connectivity index (χ1v) is 13.0. The number of carboxylic acids is 1. The van der Waals surface area contributed by atoms with E-state index in [0.29, 0.717) is 10.5 Å². The van der Waals surface area contributed by atoms with Crippen LogP contribution >= 0.6 is 23.1 Å². The number of allylic oxidation sites excluding steroid dienone is 1. The number of non-ortho nitro benzene ring substituents is 1. The van der Waals surface area contributed by atoms with Gasteiger partial charge in [0.15, 0.2) is 0 Å². The lowest BCUT2D eigenvalue weighted by Crippen LogP contribution is -2.70. The maximum Gasteiger partial charge on any atom is 0.352 e. The Bertz CT molecular complexity index is 1240. The normalized spacial score (nSPS) is 20.6. The summed E-state index contributed by atoms with van der Waals surface area (Å²) >= 11 is 2.73. The first-order chi connectivity index (χ1) is 16.3. The highest BCUT2D eigenvalue weighted by molar-refractivity contribution is 8.00. The molecule has 1 aromatic carbocycles. The number of nitro groups is 1. The molecule has 0 bridgehead atoms. The topological polar surface area (TPSA) is 147 Å². The molecule has 10 nitrogen and oxygen atoms in total. The number of hydrogen-bond donors (Lipinski definition) is 2. The monoisotopic (exact) mass is 519 g/mol. The molecular formula is C21H17N3O7S3. The molecule has 2 N–H and O–H groups in total. The molecule has 0 aliphatic carbocycles. The quantitative estimate of drug-likeness (QED) is 0.307. The van der Waals surface area contributed by atoms with Gasteiger partial charge in [-0.1, -0.05) is 6.07 Å². The Morgan fingerprint density at radius 2 is 2.03 bits per heavy atom. The summed E-state index contributed by atoms with van der Waals surface area (Å²) in [6, 6.07) is 8.02. The number of amides is 2. The van der Waals surface area contributed by atoms with Gasteiger partial charge in [0.05, 0.1) is 22.1 Å². The van der Waals surface area contributed by atoms with E-state index >= 15 is 0 Å². The fraction of sp³-hybridized carbons (Fsp3) is 0.190. The van der Waals surface area contributed by atoms with Gasteiger partial charge in [0, 0.05) is 33.1 Å². The Morgan fingerprint density at radius 3 is 2.65 bits per heavy atom. The van der Waals surface area contributed by atoms with Gasteiger partial charge in [-0.2, -0.15) is 0 Å². The van der Waals surface area contributed by atoms with Gasteiger partial charge in [-0.25, -0.2) is 9.00 Å². The Labute approximate surface area is 203 Å². The molecule has 4 rings (SSSR count). The van der Waals surface area contributed by atoms with Crippen molar-refractivity contribution >= 4 is 57.4 Å². The zero-order chi connectivity index (χ0) is 24.4. The number of rotatable bonds is 8. The zero-order valence-electron chi connectivity index (χ0n) is 17.3. The van der Waals surface area contributed by atoms with Gasteiger partial charge in [-0.05, 0) is 35.2 Å². The van der Waals surface area contributed by atoms with E-state index in [9.17, 15) is 33.8 Å². The summed E-state index contributed by atoms with van der Waals surface area (Å²) < 4.78 is 12.5. The minimum absolute atomic E-state index is 0.136. The smallest absolute Gasteiger partial charge is 0.352 e. The molecule has 1 fully saturated rings. The van der Waals surface area contributed by atoms with Crippen LogP contribution in [0.1, 0.15) is 4.88 Å². The van der Waals surface area contributed by atoms with Crippen LogP contribution in [-0.2, 0) is 31.6 Å². The van der Waals surface area contributed by atoms with Gasteiger partial charge in [-0.3, -0.25) is 24.6 Å². The number of fused-ring (bicyclic) bond motifs is 1. The van der Waals surface area contributed by atoms with Crippen molar-refractivity contribution in [2.75, 3.05) is 5.75 Å². The Kier molecular flexibility index (Phi) is 6.95. The second-order valence-corrected chi connectivity index (χ2v) is 10.7. The lowest BCUT2D eigenvalue weighted by Gasteiger charge is -2.49. The molecule has 1 saturated heterocycles. The van der Waals surface area contributed by atoms with Crippen LogP contribution in [0.25, 0.3) is 0 Å². The van der Waals surface area contributed by atoms with Gasteiger partial charge in [0.2, 0.25) is 5.91 Å². The highest BCUT2D eigenvalue weighted by atomic mass is 32.2.